The number of carbonyl (C=O) groups excluding carboxylic acids is 1. The van der Waals surface area contributed by atoms with Gasteiger partial charge in [-0.25, -0.2) is 4.79 Å². The van der Waals surface area contributed by atoms with Gasteiger partial charge in [-0.1, -0.05) is 19.3 Å². The van der Waals surface area contributed by atoms with Crippen molar-refractivity contribution in [3.8, 4) is 0 Å². The van der Waals surface area contributed by atoms with Gasteiger partial charge in [-0.05, 0) is 19.1 Å². The molecule has 1 aliphatic rings. The Morgan fingerprint density at radius 2 is 1.95 bits per heavy atom. The second kappa shape index (κ2) is 7.62. The minimum atomic E-state index is -0.839. The van der Waals surface area contributed by atoms with E-state index in [1.165, 1.54) is 0 Å². The fraction of sp³-hybridized carbons (Fsp3) is 0.846. The molecule has 1 saturated carbocycles. The summed E-state index contributed by atoms with van der Waals surface area (Å²) in [5, 5.41) is 12.0. The number of nitrogens with zero attached hydrogens (tertiary/aromatic N) is 1. The zero-order valence-corrected chi connectivity index (χ0v) is 12.6. The van der Waals surface area contributed by atoms with Gasteiger partial charge in [-0.15, -0.1) is 0 Å². The standard InChI is InChI=1S/C13H24N2O3S/c1-15(8-9-19-2)12(18)14-13(10-11(16)17)6-4-3-5-7-13/h3-10H2,1-2H3,(H,14,18)(H,16,17). The lowest BCUT2D eigenvalue weighted by Crippen LogP contribution is -2.54. The highest BCUT2D eigenvalue weighted by Crippen LogP contribution is 2.31. The second-order valence-corrected chi connectivity index (χ2v) is 6.24. The van der Waals surface area contributed by atoms with Crippen LogP contribution in [0.4, 0.5) is 4.79 Å². The third-order valence-electron chi connectivity index (χ3n) is 3.65. The summed E-state index contributed by atoms with van der Waals surface area (Å²) in [7, 11) is 1.75. The maximum absolute atomic E-state index is 12.1. The fourth-order valence-corrected chi connectivity index (χ4v) is 2.97. The summed E-state index contributed by atoms with van der Waals surface area (Å²) in [6.07, 6.45) is 6.65. The molecule has 0 radical (unpaired) electrons. The molecule has 0 atom stereocenters. The Bertz CT molecular complexity index is 317. The maximum atomic E-state index is 12.1. The van der Waals surface area contributed by atoms with Crippen LogP contribution in [0.3, 0.4) is 0 Å². The van der Waals surface area contributed by atoms with Crippen molar-refractivity contribution in [2.24, 2.45) is 0 Å². The molecule has 0 bridgehead atoms. The number of carboxylic acids is 1. The minimum absolute atomic E-state index is 0.0229. The highest BCUT2D eigenvalue weighted by Gasteiger charge is 2.36. The highest BCUT2D eigenvalue weighted by molar-refractivity contribution is 7.98. The van der Waals surface area contributed by atoms with Crippen LogP contribution in [0, 0.1) is 0 Å². The first kappa shape index (κ1) is 16.1. The van der Waals surface area contributed by atoms with E-state index in [0.29, 0.717) is 6.54 Å². The molecule has 0 aromatic heterocycles. The van der Waals surface area contributed by atoms with Crippen LogP contribution in [-0.2, 0) is 4.79 Å². The van der Waals surface area contributed by atoms with Gasteiger partial charge in [0.15, 0.2) is 0 Å². The maximum Gasteiger partial charge on any atom is 0.317 e. The number of thioether (sulfide) groups is 1. The number of aliphatic carboxylic acids is 1. The first-order valence-corrected chi connectivity index (χ1v) is 8.12. The van der Waals surface area contributed by atoms with Crippen LogP contribution in [0.15, 0.2) is 0 Å². The van der Waals surface area contributed by atoms with Gasteiger partial charge in [0, 0.05) is 19.3 Å². The predicted octanol–water partition coefficient (Wildman–Crippen LogP) is 2.17. The molecule has 5 nitrogen and oxygen atoms in total. The zero-order chi connectivity index (χ0) is 14.3. The Morgan fingerprint density at radius 1 is 1.32 bits per heavy atom. The van der Waals surface area contributed by atoms with Crippen LogP contribution in [0.1, 0.15) is 38.5 Å². The average molecular weight is 288 g/mol. The molecule has 1 fully saturated rings. The summed E-state index contributed by atoms with van der Waals surface area (Å²) in [4.78, 5) is 24.8. The molecule has 2 N–H and O–H groups in total. The molecule has 6 heteroatoms. The SMILES string of the molecule is CSCCN(C)C(=O)NC1(CC(=O)O)CCCCC1. The van der Waals surface area contributed by atoms with Crippen LogP contribution in [-0.4, -0.2) is 53.1 Å². The van der Waals surface area contributed by atoms with Crippen molar-refractivity contribution in [3.63, 3.8) is 0 Å². The summed E-state index contributed by atoms with van der Waals surface area (Å²) < 4.78 is 0. The van der Waals surface area contributed by atoms with E-state index in [4.69, 9.17) is 5.11 Å². The number of urea groups is 1. The number of carboxylic acid groups (broad SMARTS) is 1. The lowest BCUT2D eigenvalue weighted by atomic mass is 9.79. The molecule has 1 aliphatic carbocycles. The van der Waals surface area contributed by atoms with Gasteiger partial charge < -0.3 is 15.3 Å². The van der Waals surface area contributed by atoms with Gasteiger partial charge in [0.2, 0.25) is 0 Å². The van der Waals surface area contributed by atoms with Gasteiger partial charge in [0.25, 0.3) is 0 Å². The van der Waals surface area contributed by atoms with Crippen LogP contribution in [0.5, 0.6) is 0 Å². The second-order valence-electron chi connectivity index (χ2n) is 5.26. The molecule has 0 saturated heterocycles. The van der Waals surface area contributed by atoms with E-state index in [1.54, 1.807) is 23.7 Å². The van der Waals surface area contributed by atoms with Gasteiger partial charge in [-0.2, -0.15) is 11.8 Å². The third kappa shape index (κ3) is 5.30. The van der Waals surface area contributed by atoms with Gasteiger partial charge in [0.05, 0.1) is 12.0 Å². The number of carbonyl (C=O) groups is 2. The Labute approximate surface area is 119 Å². The Morgan fingerprint density at radius 3 is 2.47 bits per heavy atom. The average Bonchev–Trinajstić information content (AvgIpc) is 2.35. The smallest absolute Gasteiger partial charge is 0.317 e. The molecule has 0 aromatic rings. The number of nitrogens with one attached hydrogen (secondary N) is 1. The first-order chi connectivity index (χ1) is 8.99. The highest BCUT2D eigenvalue weighted by atomic mass is 32.2. The topological polar surface area (TPSA) is 69.6 Å². The molecule has 110 valence electrons. The normalized spacial score (nSPS) is 17.8. The molecule has 2 amide bonds. The van der Waals surface area contributed by atoms with E-state index in [2.05, 4.69) is 5.32 Å². The van der Waals surface area contributed by atoms with Crippen molar-refractivity contribution in [2.45, 2.75) is 44.1 Å². The third-order valence-corrected chi connectivity index (χ3v) is 4.24. The van der Waals surface area contributed by atoms with Crippen molar-refractivity contribution < 1.29 is 14.7 Å². The summed E-state index contributed by atoms with van der Waals surface area (Å²) >= 11 is 1.69. The summed E-state index contributed by atoms with van der Waals surface area (Å²) in [5.74, 6) is 0.0459. The van der Waals surface area contributed by atoms with E-state index in [9.17, 15) is 9.59 Å². The van der Waals surface area contributed by atoms with Crippen LogP contribution < -0.4 is 5.32 Å². The number of rotatable bonds is 6. The molecule has 0 aromatic carbocycles. The zero-order valence-electron chi connectivity index (χ0n) is 11.8. The van der Waals surface area contributed by atoms with E-state index in [0.717, 1.165) is 37.9 Å². The van der Waals surface area contributed by atoms with Crippen LogP contribution in [0.25, 0.3) is 0 Å². The Balaban J connectivity index is 2.61. The van der Waals surface area contributed by atoms with E-state index in [1.807, 2.05) is 6.26 Å². The summed E-state index contributed by atoms with van der Waals surface area (Å²) in [6.45, 7) is 0.677. The summed E-state index contributed by atoms with van der Waals surface area (Å²) in [5.41, 5.74) is -0.547. The molecule has 0 unspecified atom stereocenters. The van der Waals surface area contributed by atoms with Crippen molar-refractivity contribution in [1.29, 1.82) is 0 Å². The summed E-state index contributed by atoms with van der Waals surface area (Å²) in [6, 6.07) is -0.155. The van der Waals surface area contributed by atoms with E-state index in [-0.39, 0.29) is 12.5 Å². The van der Waals surface area contributed by atoms with Gasteiger partial charge >= 0.3 is 12.0 Å². The number of hydrogen-bond acceptors (Lipinski definition) is 3. The lowest BCUT2D eigenvalue weighted by molar-refractivity contribution is -0.139. The number of amides is 2. The molecule has 19 heavy (non-hydrogen) atoms. The van der Waals surface area contributed by atoms with E-state index >= 15 is 0 Å². The van der Waals surface area contributed by atoms with Crippen LogP contribution >= 0.6 is 11.8 Å². The van der Waals surface area contributed by atoms with Crippen molar-refractivity contribution >= 4 is 23.8 Å². The monoisotopic (exact) mass is 288 g/mol. The molecule has 0 aliphatic heterocycles. The first-order valence-electron chi connectivity index (χ1n) is 6.73. The number of hydrogen-bond donors (Lipinski definition) is 2. The molecule has 1 rings (SSSR count). The predicted molar refractivity (Wildman–Crippen MR) is 77.6 cm³/mol. The Hall–Kier alpha value is -0.910. The molecular formula is C13H24N2O3S. The van der Waals surface area contributed by atoms with Crippen molar-refractivity contribution in [1.82, 2.24) is 10.2 Å². The Kier molecular flexibility index (Phi) is 6.48. The fourth-order valence-electron chi connectivity index (χ4n) is 2.52. The van der Waals surface area contributed by atoms with Crippen LogP contribution in [0.2, 0.25) is 0 Å². The van der Waals surface area contributed by atoms with Crippen molar-refractivity contribution in [2.75, 3.05) is 25.6 Å². The minimum Gasteiger partial charge on any atom is -0.481 e. The molecular weight excluding hydrogens is 264 g/mol. The van der Waals surface area contributed by atoms with E-state index < -0.39 is 11.5 Å². The van der Waals surface area contributed by atoms with Crippen molar-refractivity contribution in [3.05, 3.63) is 0 Å². The molecule has 0 spiro atoms. The largest absolute Gasteiger partial charge is 0.481 e. The lowest BCUT2D eigenvalue weighted by Gasteiger charge is -2.38. The van der Waals surface area contributed by atoms with Gasteiger partial charge in [0.1, 0.15) is 0 Å². The molecule has 0 heterocycles. The van der Waals surface area contributed by atoms with Gasteiger partial charge in [-0.3, -0.25) is 4.79 Å². The quantitative estimate of drug-likeness (QED) is 0.786.